The Kier molecular flexibility index (Phi) is 4.29. The number of hydrogen-bond acceptors (Lipinski definition) is 6. The van der Waals surface area contributed by atoms with Gasteiger partial charge in [0.05, 0.1) is 0 Å². The molecule has 1 aliphatic rings. The van der Waals surface area contributed by atoms with E-state index in [1.165, 1.54) is 0 Å². The lowest BCUT2D eigenvalue weighted by atomic mass is 10.1. The molecule has 86 valence electrons. The van der Waals surface area contributed by atoms with E-state index < -0.39 is 17.1 Å². The zero-order valence-electron chi connectivity index (χ0n) is 8.55. The maximum absolute atomic E-state index is 11.3. The summed E-state index contributed by atoms with van der Waals surface area (Å²) in [5.74, 6) is -0.728. The van der Waals surface area contributed by atoms with Crippen LogP contribution in [0.2, 0.25) is 0 Å². The second-order valence-electron chi connectivity index (χ2n) is 3.47. The lowest BCUT2D eigenvalue weighted by Gasteiger charge is -2.29. The molecular weight excluding hydrogens is 204 g/mol. The third-order valence-corrected chi connectivity index (χ3v) is 2.46. The van der Waals surface area contributed by atoms with Crippen LogP contribution in [0.4, 0.5) is 0 Å². The van der Waals surface area contributed by atoms with E-state index >= 15 is 0 Å². The van der Waals surface area contributed by atoms with E-state index in [-0.39, 0.29) is 0 Å². The summed E-state index contributed by atoms with van der Waals surface area (Å²) in [5.41, 5.74) is 0. The summed E-state index contributed by atoms with van der Waals surface area (Å²) in [6.07, 6.45) is 3.23. The van der Waals surface area contributed by atoms with Gasteiger partial charge in [-0.1, -0.05) is 11.4 Å². The van der Waals surface area contributed by atoms with Crippen molar-refractivity contribution in [1.29, 1.82) is 0 Å². The summed E-state index contributed by atoms with van der Waals surface area (Å²) in [4.78, 5) is 30.6. The highest BCUT2D eigenvalue weighted by Gasteiger charge is 2.25. The summed E-state index contributed by atoms with van der Waals surface area (Å²) < 4.78 is 0. The van der Waals surface area contributed by atoms with Crippen LogP contribution in [0.5, 0.6) is 0 Å². The van der Waals surface area contributed by atoms with Crippen molar-refractivity contribution in [2.24, 2.45) is 0 Å². The van der Waals surface area contributed by atoms with Gasteiger partial charge in [-0.15, -0.1) is 10.1 Å². The van der Waals surface area contributed by atoms with Crippen molar-refractivity contribution in [1.82, 2.24) is 4.90 Å². The lowest BCUT2D eigenvalue weighted by molar-refractivity contribution is -0.839. The fourth-order valence-electron chi connectivity index (χ4n) is 1.59. The van der Waals surface area contributed by atoms with Gasteiger partial charge in [0.15, 0.2) is 0 Å². The van der Waals surface area contributed by atoms with Gasteiger partial charge in [-0.25, -0.2) is 4.79 Å². The standard InChI is InChI=1S/C8H14N2O5/c1-7(8(11)14-15-10(12)13)9-5-3-2-4-6-9/h7H,2-6H2,1H3. The van der Waals surface area contributed by atoms with Gasteiger partial charge in [-0.3, -0.25) is 9.79 Å². The molecule has 1 rings (SSSR count). The largest absolute Gasteiger partial charge is 0.359 e. The number of carbonyl (C=O) groups is 1. The number of rotatable bonds is 4. The van der Waals surface area contributed by atoms with E-state index in [9.17, 15) is 14.9 Å². The van der Waals surface area contributed by atoms with Gasteiger partial charge >= 0.3 is 11.1 Å². The fourth-order valence-corrected chi connectivity index (χ4v) is 1.59. The lowest BCUT2D eigenvalue weighted by Crippen LogP contribution is -2.43. The molecule has 0 spiro atoms. The fraction of sp³-hybridized carbons (Fsp3) is 0.875. The normalized spacial score (nSPS) is 19.3. The molecule has 1 fully saturated rings. The average molecular weight is 218 g/mol. The molecule has 1 atom stereocenters. The first kappa shape index (κ1) is 11.7. The van der Waals surface area contributed by atoms with Crippen molar-refractivity contribution >= 4 is 5.97 Å². The van der Waals surface area contributed by atoms with Gasteiger partial charge in [0.25, 0.3) is 0 Å². The van der Waals surface area contributed by atoms with Crippen molar-refractivity contribution in [3.05, 3.63) is 10.1 Å². The van der Waals surface area contributed by atoms with E-state index in [0.717, 1.165) is 32.4 Å². The van der Waals surface area contributed by atoms with Gasteiger partial charge in [0.2, 0.25) is 0 Å². The monoisotopic (exact) mass is 218 g/mol. The van der Waals surface area contributed by atoms with Gasteiger partial charge < -0.3 is 0 Å². The second kappa shape index (κ2) is 5.50. The van der Waals surface area contributed by atoms with Crippen molar-refractivity contribution in [3.63, 3.8) is 0 Å². The zero-order valence-corrected chi connectivity index (χ0v) is 8.55. The third kappa shape index (κ3) is 3.70. The van der Waals surface area contributed by atoms with E-state index in [1.807, 2.05) is 4.90 Å². The minimum Gasteiger partial charge on any atom is -0.291 e. The minimum atomic E-state index is -1.15. The number of likely N-dealkylation sites (tertiary alicyclic amines) is 1. The van der Waals surface area contributed by atoms with Crippen LogP contribution >= 0.6 is 0 Å². The molecule has 0 N–H and O–H groups in total. The Morgan fingerprint density at radius 2 is 2.00 bits per heavy atom. The molecule has 0 aromatic heterocycles. The van der Waals surface area contributed by atoms with Gasteiger partial charge in [-0.05, 0) is 32.9 Å². The topological polar surface area (TPSA) is 81.9 Å². The smallest absolute Gasteiger partial charge is 0.291 e. The summed E-state index contributed by atoms with van der Waals surface area (Å²) >= 11 is 0. The van der Waals surface area contributed by atoms with E-state index in [1.54, 1.807) is 6.92 Å². The summed E-state index contributed by atoms with van der Waals surface area (Å²) in [6, 6.07) is -0.495. The molecule has 0 amide bonds. The molecule has 7 heteroatoms. The molecule has 7 nitrogen and oxygen atoms in total. The number of nitrogens with zero attached hydrogens (tertiary/aromatic N) is 2. The number of hydrogen-bond donors (Lipinski definition) is 0. The summed E-state index contributed by atoms with van der Waals surface area (Å²) in [6.45, 7) is 3.28. The predicted octanol–water partition coefficient (Wildman–Crippen LogP) is 0.527. The first-order chi connectivity index (χ1) is 7.11. The van der Waals surface area contributed by atoms with Crippen LogP contribution in [0.1, 0.15) is 26.2 Å². The molecule has 0 aromatic carbocycles. The third-order valence-electron chi connectivity index (χ3n) is 2.46. The maximum atomic E-state index is 11.3. The Morgan fingerprint density at radius 1 is 1.40 bits per heavy atom. The highest BCUT2D eigenvalue weighted by atomic mass is 17.3. The molecule has 0 aromatic rings. The predicted molar refractivity (Wildman–Crippen MR) is 49.1 cm³/mol. The molecule has 0 radical (unpaired) electrons. The van der Waals surface area contributed by atoms with Gasteiger partial charge in [0, 0.05) is 0 Å². The van der Waals surface area contributed by atoms with Gasteiger partial charge in [-0.2, -0.15) is 0 Å². The van der Waals surface area contributed by atoms with E-state index in [2.05, 4.69) is 9.88 Å². The molecule has 1 aliphatic heterocycles. The Balaban J connectivity index is 2.33. The molecule has 1 heterocycles. The van der Waals surface area contributed by atoms with Crippen molar-refractivity contribution < 1.29 is 19.8 Å². The molecule has 15 heavy (non-hydrogen) atoms. The highest BCUT2D eigenvalue weighted by Crippen LogP contribution is 2.12. The van der Waals surface area contributed by atoms with E-state index in [0.29, 0.717) is 0 Å². The Bertz CT molecular complexity index is 239. The highest BCUT2D eigenvalue weighted by molar-refractivity contribution is 5.74. The quantitative estimate of drug-likeness (QED) is 0.389. The van der Waals surface area contributed by atoms with Crippen LogP contribution in [0.3, 0.4) is 0 Å². The van der Waals surface area contributed by atoms with Crippen LogP contribution in [0.15, 0.2) is 0 Å². The summed E-state index contributed by atoms with van der Waals surface area (Å²) in [7, 11) is 0. The van der Waals surface area contributed by atoms with Gasteiger partial charge in [0.1, 0.15) is 6.04 Å². The minimum absolute atomic E-state index is 0.495. The first-order valence-corrected chi connectivity index (χ1v) is 4.88. The first-order valence-electron chi connectivity index (χ1n) is 4.88. The second-order valence-corrected chi connectivity index (χ2v) is 3.47. The SMILES string of the molecule is CC(C(=O)OO[N+](=O)[O-])N1CCCCC1. The molecule has 0 bridgehead atoms. The maximum Gasteiger partial charge on any atom is 0.359 e. The van der Waals surface area contributed by atoms with Crippen LogP contribution in [-0.2, 0) is 14.7 Å². The van der Waals surface area contributed by atoms with Crippen molar-refractivity contribution in [3.8, 4) is 0 Å². The Morgan fingerprint density at radius 3 is 2.53 bits per heavy atom. The van der Waals surface area contributed by atoms with Crippen molar-refractivity contribution in [2.75, 3.05) is 13.1 Å². The zero-order chi connectivity index (χ0) is 11.3. The van der Waals surface area contributed by atoms with Crippen LogP contribution in [-0.4, -0.2) is 35.1 Å². The van der Waals surface area contributed by atoms with Crippen LogP contribution in [0, 0.1) is 10.1 Å². The molecular formula is C8H14N2O5. The van der Waals surface area contributed by atoms with Crippen LogP contribution in [0.25, 0.3) is 0 Å². The Labute approximate surface area is 87.0 Å². The molecule has 1 saturated heterocycles. The van der Waals surface area contributed by atoms with Crippen molar-refractivity contribution in [2.45, 2.75) is 32.2 Å². The number of piperidine rings is 1. The van der Waals surface area contributed by atoms with E-state index in [4.69, 9.17) is 0 Å². The molecule has 0 aliphatic carbocycles. The average Bonchev–Trinajstić information content (AvgIpc) is 2.26. The Hall–Kier alpha value is -1.37. The van der Waals surface area contributed by atoms with Crippen LogP contribution < -0.4 is 0 Å². The number of carbonyl (C=O) groups excluding carboxylic acids is 1. The molecule has 0 saturated carbocycles. The summed E-state index contributed by atoms with van der Waals surface area (Å²) in [5, 5.41) is 8.64. The molecule has 1 unspecified atom stereocenters.